The highest BCUT2D eigenvalue weighted by molar-refractivity contribution is 5.91. The number of hydrogen-bond donors (Lipinski definition) is 2. The van der Waals surface area contributed by atoms with Crippen molar-refractivity contribution < 1.29 is 19.4 Å². The lowest BCUT2D eigenvalue weighted by atomic mass is 9.91. The number of carboxylic acid groups (broad SMARTS) is 1. The number of nitrogens with zero attached hydrogens (tertiary/aromatic N) is 2. The van der Waals surface area contributed by atoms with Gasteiger partial charge in [0.25, 0.3) is 0 Å². The number of aromatic nitrogens is 1. The number of carbonyl (C=O) groups excluding carboxylic acids is 1. The van der Waals surface area contributed by atoms with Crippen molar-refractivity contribution in [3.63, 3.8) is 0 Å². The molecule has 0 aromatic carbocycles. The molecule has 1 saturated heterocycles. The standard InChI is InChI=1S/C15H21N3O4/c1-9-5-12(13(22-3)16-6-9)17-15(21)18-7-10(2)4-11(8-18)14(19)20/h5-6,10-11H,4,7-8H2,1-3H3,(H,17,21)(H,19,20). The number of rotatable bonds is 3. The van der Waals surface area contributed by atoms with Gasteiger partial charge in [0.2, 0.25) is 5.88 Å². The van der Waals surface area contributed by atoms with Gasteiger partial charge in [-0.1, -0.05) is 6.92 Å². The summed E-state index contributed by atoms with van der Waals surface area (Å²) in [4.78, 5) is 29.2. The van der Waals surface area contributed by atoms with Gasteiger partial charge in [-0.05, 0) is 30.9 Å². The molecule has 2 heterocycles. The van der Waals surface area contributed by atoms with Crippen molar-refractivity contribution in [1.82, 2.24) is 9.88 Å². The van der Waals surface area contributed by atoms with Gasteiger partial charge in [0.15, 0.2) is 0 Å². The van der Waals surface area contributed by atoms with Crippen molar-refractivity contribution in [2.24, 2.45) is 11.8 Å². The van der Waals surface area contributed by atoms with E-state index < -0.39 is 11.9 Å². The third-order valence-corrected chi connectivity index (χ3v) is 3.72. The second kappa shape index (κ2) is 6.64. The summed E-state index contributed by atoms with van der Waals surface area (Å²) >= 11 is 0. The zero-order valence-corrected chi connectivity index (χ0v) is 13.0. The van der Waals surface area contributed by atoms with Crippen LogP contribution in [0.2, 0.25) is 0 Å². The molecule has 1 fully saturated rings. The molecular weight excluding hydrogens is 286 g/mol. The highest BCUT2D eigenvalue weighted by atomic mass is 16.5. The summed E-state index contributed by atoms with van der Waals surface area (Å²) in [5.74, 6) is -0.900. The minimum absolute atomic E-state index is 0.151. The molecule has 7 nitrogen and oxygen atoms in total. The van der Waals surface area contributed by atoms with E-state index >= 15 is 0 Å². The smallest absolute Gasteiger partial charge is 0.322 e. The lowest BCUT2D eigenvalue weighted by Crippen LogP contribution is -2.47. The summed E-state index contributed by atoms with van der Waals surface area (Å²) in [5.41, 5.74) is 1.38. The van der Waals surface area contributed by atoms with E-state index in [0.717, 1.165) is 5.56 Å². The maximum absolute atomic E-state index is 12.4. The van der Waals surface area contributed by atoms with E-state index in [1.807, 2.05) is 13.8 Å². The van der Waals surface area contributed by atoms with Crippen molar-refractivity contribution in [3.05, 3.63) is 17.8 Å². The molecule has 2 unspecified atom stereocenters. The third-order valence-electron chi connectivity index (χ3n) is 3.72. The molecule has 1 aromatic heterocycles. The first-order valence-electron chi connectivity index (χ1n) is 7.20. The van der Waals surface area contributed by atoms with Crippen LogP contribution in [0, 0.1) is 18.8 Å². The number of carboxylic acids is 1. The van der Waals surface area contributed by atoms with Gasteiger partial charge >= 0.3 is 12.0 Å². The number of amides is 2. The van der Waals surface area contributed by atoms with E-state index in [1.54, 1.807) is 12.3 Å². The maximum Gasteiger partial charge on any atom is 0.322 e. The fourth-order valence-electron chi connectivity index (χ4n) is 2.70. The molecular formula is C15H21N3O4. The number of carbonyl (C=O) groups is 2. The third kappa shape index (κ3) is 3.66. The van der Waals surface area contributed by atoms with Crippen molar-refractivity contribution in [2.45, 2.75) is 20.3 Å². The van der Waals surface area contributed by atoms with Crippen LogP contribution < -0.4 is 10.1 Å². The molecule has 2 amide bonds. The largest absolute Gasteiger partial charge is 0.481 e. The number of piperidine rings is 1. The number of likely N-dealkylation sites (tertiary alicyclic amines) is 1. The van der Waals surface area contributed by atoms with E-state index in [2.05, 4.69) is 10.3 Å². The average Bonchev–Trinajstić information content (AvgIpc) is 2.46. The van der Waals surface area contributed by atoms with E-state index in [4.69, 9.17) is 4.74 Å². The Balaban J connectivity index is 2.11. The normalized spacial score (nSPS) is 21.3. The van der Waals surface area contributed by atoms with E-state index in [0.29, 0.717) is 24.5 Å². The Hall–Kier alpha value is -2.31. The number of methoxy groups -OCH3 is 1. The summed E-state index contributed by atoms with van der Waals surface area (Å²) in [5, 5.41) is 11.9. The highest BCUT2D eigenvalue weighted by Crippen LogP contribution is 2.25. The quantitative estimate of drug-likeness (QED) is 0.891. The Morgan fingerprint density at radius 3 is 2.82 bits per heavy atom. The van der Waals surface area contributed by atoms with Crippen LogP contribution in [-0.2, 0) is 4.79 Å². The summed E-state index contributed by atoms with van der Waals surface area (Å²) in [6.07, 6.45) is 2.24. The number of ether oxygens (including phenoxy) is 1. The van der Waals surface area contributed by atoms with Gasteiger partial charge in [0.05, 0.1) is 13.0 Å². The van der Waals surface area contributed by atoms with Crippen molar-refractivity contribution in [2.75, 3.05) is 25.5 Å². The Morgan fingerprint density at radius 1 is 1.45 bits per heavy atom. The Labute approximate surface area is 129 Å². The van der Waals surface area contributed by atoms with Gasteiger partial charge in [-0.25, -0.2) is 9.78 Å². The second-order valence-electron chi connectivity index (χ2n) is 5.78. The van der Waals surface area contributed by atoms with Crippen LogP contribution in [0.15, 0.2) is 12.3 Å². The van der Waals surface area contributed by atoms with Crippen LogP contribution in [-0.4, -0.2) is 47.2 Å². The minimum atomic E-state index is -0.862. The second-order valence-corrected chi connectivity index (χ2v) is 5.78. The molecule has 1 aliphatic heterocycles. The lowest BCUT2D eigenvalue weighted by Gasteiger charge is -2.34. The number of pyridine rings is 1. The number of aliphatic carboxylic acids is 1. The van der Waals surface area contributed by atoms with Crippen LogP contribution in [0.1, 0.15) is 18.9 Å². The molecule has 0 spiro atoms. The van der Waals surface area contributed by atoms with Crippen LogP contribution in [0.4, 0.5) is 10.5 Å². The van der Waals surface area contributed by atoms with Gasteiger partial charge < -0.3 is 20.1 Å². The zero-order valence-electron chi connectivity index (χ0n) is 13.0. The lowest BCUT2D eigenvalue weighted by molar-refractivity contribution is -0.143. The van der Waals surface area contributed by atoms with Gasteiger partial charge in [0.1, 0.15) is 5.69 Å². The maximum atomic E-state index is 12.4. The van der Waals surface area contributed by atoms with Crippen molar-refractivity contribution in [1.29, 1.82) is 0 Å². The van der Waals surface area contributed by atoms with Crippen LogP contribution >= 0.6 is 0 Å². The number of anilines is 1. The van der Waals surface area contributed by atoms with Gasteiger partial charge in [-0.15, -0.1) is 0 Å². The number of urea groups is 1. The van der Waals surface area contributed by atoms with Crippen LogP contribution in [0.25, 0.3) is 0 Å². The summed E-state index contributed by atoms with van der Waals surface area (Å²) < 4.78 is 5.13. The number of hydrogen-bond acceptors (Lipinski definition) is 4. The molecule has 22 heavy (non-hydrogen) atoms. The SMILES string of the molecule is COc1ncc(C)cc1NC(=O)N1CC(C)CC(C(=O)O)C1. The predicted octanol–water partition coefficient (Wildman–Crippen LogP) is 1.97. The molecule has 1 aromatic rings. The minimum Gasteiger partial charge on any atom is -0.481 e. The van der Waals surface area contributed by atoms with Gasteiger partial charge in [-0.2, -0.15) is 0 Å². The Bertz CT molecular complexity index is 576. The molecule has 1 aliphatic rings. The summed E-state index contributed by atoms with van der Waals surface area (Å²) in [7, 11) is 1.48. The Morgan fingerprint density at radius 2 is 2.18 bits per heavy atom. The molecule has 0 radical (unpaired) electrons. The van der Waals surface area contributed by atoms with Crippen LogP contribution in [0.5, 0.6) is 5.88 Å². The zero-order chi connectivity index (χ0) is 16.3. The molecule has 2 N–H and O–H groups in total. The number of aryl methyl sites for hydroxylation is 1. The van der Waals surface area contributed by atoms with Gasteiger partial charge in [-0.3, -0.25) is 4.79 Å². The van der Waals surface area contributed by atoms with E-state index in [-0.39, 0.29) is 18.5 Å². The fraction of sp³-hybridized carbons (Fsp3) is 0.533. The van der Waals surface area contributed by atoms with Gasteiger partial charge in [0, 0.05) is 19.3 Å². The first-order chi connectivity index (χ1) is 10.4. The molecule has 2 rings (SSSR count). The van der Waals surface area contributed by atoms with E-state index in [9.17, 15) is 14.7 Å². The first kappa shape index (κ1) is 16.1. The Kier molecular flexibility index (Phi) is 4.85. The highest BCUT2D eigenvalue weighted by Gasteiger charge is 2.32. The molecule has 120 valence electrons. The van der Waals surface area contributed by atoms with Crippen molar-refractivity contribution >= 4 is 17.7 Å². The average molecular weight is 307 g/mol. The predicted molar refractivity (Wildman–Crippen MR) is 81.0 cm³/mol. The molecule has 7 heteroatoms. The number of nitrogens with one attached hydrogen (secondary N) is 1. The fourth-order valence-corrected chi connectivity index (χ4v) is 2.70. The molecule has 0 saturated carbocycles. The summed E-state index contributed by atoms with van der Waals surface area (Å²) in [6, 6.07) is 1.44. The first-order valence-corrected chi connectivity index (χ1v) is 7.20. The summed E-state index contributed by atoms with van der Waals surface area (Å²) in [6.45, 7) is 4.57. The molecule has 0 aliphatic carbocycles. The molecule has 2 atom stereocenters. The van der Waals surface area contributed by atoms with Crippen LogP contribution in [0.3, 0.4) is 0 Å². The monoisotopic (exact) mass is 307 g/mol. The molecule has 0 bridgehead atoms. The topological polar surface area (TPSA) is 91.8 Å². The van der Waals surface area contributed by atoms with E-state index in [1.165, 1.54) is 12.0 Å². The van der Waals surface area contributed by atoms with Crippen molar-refractivity contribution in [3.8, 4) is 5.88 Å².